The lowest BCUT2D eigenvalue weighted by molar-refractivity contribution is -0.128. The number of rotatable bonds is 6. The molecule has 4 fully saturated rings. The van der Waals surface area contributed by atoms with Crippen molar-refractivity contribution in [3.63, 3.8) is 0 Å². The minimum absolute atomic E-state index is 0.143. The summed E-state index contributed by atoms with van der Waals surface area (Å²) < 4.78 is 16.8. The van der Waals surface area contributed by atoms with Gasteiger partial charge in [0.2, 0.25) is 5.91 Å². The van der Waals surface area contributed by atoms with Crippen molar-refractivity contribution < 1.29 is 9.18 Å². The summed E-state index contributed by atoms with van der Waals surface area (Å²) in [6, 6.07) is 11.8. The highest BCUT2D eigenvalue weighted by atomic mass is 19.1. The second-order valence-corrected chi connectivity index (χ2v) is 14.1. The van der Waals surface area contributed by atoms with Gasteiger partial charge in [-0.05, 0) is 95.1 Å². The molecule has 1 unspecified atom stereocenters. The fourth-order valence-electron chi connectivity index (χ4n) is 8.67. The molecule has 232 valence electrons. The molecule has 2 saturated carbocycles. The molecule has 2 atom stereocenters. The van der Waals surface area contributed by atoms with Crippen LogP contribution in [0.25, 0.3) is 22.3 Å². The van der Waals surface area contributed by atoms with Gasteiger partial charge in [-0.15, -0.1) is 0 Å². The highest BCUT2D eigenvalue weighted by Gasteiger charge is 2.57. The molecule has 2 aliphatic carbocycles. The molecule has 5 aliphatic rings. The maximum absolute atomic E-state index is 14.7. The Kier molecular flexibility index (Phi) is 6.13. The first kappa shape index (κ1) is 27.4. The molecule has 10 heteroatoms. The minimum atomic E-state index is -0.459. The van der Waals surface area contributed by atoms with Gasteiger partial charge in [0, 0.05) is 48.2 Å². The van der Waals surface area contributed by atoms with Crippen LogP contribution in [0.5, 0.6) is 0 Å². The Bertz CT molecular complexity index is 1820. The van der Waals surface area contributed by atoms with Crippen molar-refractivity contribution in [2.24, 2.45) is 5.92 Å². The van der Waals surface area contributed by atoms with Gasteiger partial charge in [0.1, 0.15) is 5.52 Å². The summed E-state index contributed by atoms with van der Waals surface area (Å²) in [5.41, 5.74) is 5.30. The highest BCUT2D eigenvalue weighted by molar-refractivity contribution is 6.09. The molecule has 3 aromatic heterocycles. The SMILES string of the molecule is CC(C)n1cnc2cc(-c3ccc4c(c3)N(C3CC(N5CC6CC[C@H]65)C3)C(=O)C43CCNCC3)nc(Nc3ccncc3F)c21. The number of hydrogen-bond donors (Lipinski definition) is 2. The monoisotopic (exact) mass is 606 g/mol. The van der Waals surface area contributed by atoms with Crippen molar-refractivity contribution in [1.29, 1.82) is 0 Å². The average Bonchev–Trinajstić information content (AvgIpc) is 3.54. The van der Waals surface area contributed by atoms with E-state index in [0.717, 1.165) is 84.3 Å². The van der Waals surface area contributed by atoms with Gasteiger partial charge in [-0.1, -0.05) is 12.1 Å². The minimum Gasteiger partial charge on any atom is -0.336 e. The van der Waals surface area contributed by atoms with Crippen molar-refractivity contribution in [2.45, 2.75) is 82.0 Å². The van der Waals surface area contributed by atoms with Crippen LogP contribution in [-0.4, -0.2) is 68.1 Å². The number of nitrogens with zero attached hydrogens (tertiary/aromatic N) is 6. The zero-order chi connectivity index (χ0) is 30.4. The molecular weight excluding hydrogens is 567 g/mol. The third-order valence-corrected chi connectivity index (χ3v) is 11.5. The number of hydrogen-bond acceptors (Lipinski definition) is 7. The lowest BCUT2D eigenvalue weighted by Gasteiger charge is -2.62. The van der Waals surface area contributed by atoms with Crippen molar-refractivity contribution in [1.82, 2.24) is 29.7 Å². The first-order chi connectivity index (χ1) is 21.9. The number of nitrogens with one attached hydrogen (secondary N) is 2. The number of amides is 1. The molecule has 9 rings (SSSR count). The molecule has 2 saturated heterocycles. The number of carbonyl (C=O) groups is 1. The second-order valence-electron chi connectivity index (χ2n) is 14.1. The molecule has 1 spiro atoms. The fraction of sp³-hybridized carbons (Fsp3) is 0.486. The Morgan fingerprint density at radius 1 is 1.09 bits per heavy atom. The smallest absolute Gasteiger partial charge is 0.238 e. The molecule has 9 nitrogen and oxygen atoms in total. The van der Waals surface area contributed by atoms with Gasteiger partial charge >= 0.3 is 0 Å². The molecular formula is C35H39FN8O. The number of anilines is 3. The molecule has 3 aliphatic heterocycles. The number of likely N-dealkylation sites (tertiary alicyclic amines) is 1. The molecule has 6 heterocycles. The van der Waals surface area contributed by atoms with E-state index in [2.05, 4.69) is 62.0 Å². The van der Waals surface area contributed by atoms with Gasteiger partial charge in [-0.2, -0.15) is 0 Å². The maximum atomic E-state index is 14.7. The van der Waals surface area contributed by atoms with Gasteiger partial charge in [-0.3, -0.25) is 14.7 Å². The van der Waals surface area contributed by atoms with Crippen LogP contribution in [0.4, 0.5) is 21.6 Å². The summed E-state index contributed by atoms with van der Waals surface area (Å²) in [6.07, 6.45) is 11.1. The number of fused-ring (bicyclic) bond motifs is 4. The standard InChI is InChI=1S/C35H39FN8O/c1-20(2)43-19-39-29-16-28(41-33(32(29)43)40-27-7-10-38-17-26(27)36)21-3-5-25-31(13-21)44(34(45)35(25)8-11-37-12-9-35)24-14-23(15-24)42-18-22-4-6-30(22)42/h3,5,7,10,13,16-17,19-20,22-24,30,37H,4,6,8-9,11-12,14-15,18H2,1-2H3,(H,38,40,41)/t22?,23?,24?,30-/m1/s1. The lowest BCUT2D eigenvalue weighted by Crippen LogP contribution is -2.69. The third-order valence-electron chi connectivity index (χ3n) is 11.5. The van der Waals surface area contributed by atoms with E-state index < -0.39 is 11.2 Å². The first-order valence-electron chi connectivity index (χ1n) is 16.6. The average molecular weight is 607 g/mol. The summed E-state index contributed by atoms with van der Waals surface area (Å²) in [5, 5.41) is 6.70. The van der Waals surface area contributed by atoms with Gasteiger partial charge in [-0.25, -0.2) is 14.4 Å². The van der Waals surface area contributed by atoms with E-state index in [0.29, 0.717) is 17.5 Å². The summed E-state index contributed by atoms with van der Waals surface area (Å²) in [6.45, 7) is 7.12. The zero-order valence-corrected chi connectivity index (χ0v) is 25.8. The number of piperidine rings is 2. The summed E-state index contributed by atoms with van der Waals surface area (Å²) in [4.78, 5) is 33.0. The van der Waals surface area contributed by atoms with Crippen LogP contribution in [0.1, 0.15) is 64.0 Å². The highest BCUT2D eigenvalue weighted by Crippen LogP contribution is 2.53. The number of pyridine rings is 2. The topological polar surface area (TPSA) is 91.2 Å². The number of benzene rings is 1. The van der Waals surface area contributed by atoms with Crippen molar-refractivity contribution >= 4 is 34.1 Å². The van der Waals surface area contributed by atoms with E-state index in [1.54, 1.807) is 12.3 Å². The molecule has 0 bridgehead atoms. The summed E-state index contributed by atoms with van der Waals surface area (Å²) in [7, 11) is 0. The summed E-state index contributed by atoms with van der Waals surface area (Å²) in [5.74, 6) is 1.29. The Labute approximate surface area is 262 Å². The third kappa shape index (κ3) is 4.04. The number of imidazole rings is 1. The molecule has 1 aromatic carbocycles. The maximum Gasteiger partial charge on any atom is 0.238 e. The first-order valence-corrected chi connectivity index (χ1v) is 16.6. The lowest BCUT2D eigenvalue weighted by atomic mass is 9.68. The van der Waals surface area contributed by atoms with Crippen molar-refractivity contribution in [2.75, 3.05) is 29.9 Å². The number of aromatic nitrogens is 4. The van der Waals surface area contributed by atoms with Gasteiger partial charge in [0.25, 0.3) is 0 Å². The molecule has 0 radical (unpaired) electrons. The van der Waals surface area contributed by atoms with Crippen molar-refractivity contribution in [3.8, 4) is 11.3 Å². The largest absolute Gasteiger partial charge is 0.336 e. The van der Waals surface area contributed by atoms with Crippen LogP contribution in [-0.2, 0) is 10.2 Å². The van der Waals surface area contributed by atoms with Gasteiger partial charge in [0.05, 0.1) is 34.8 Å². The predicted octanol–water partition coefficient (Wildman–Crippen LogP) is 5.55. The van der Waals surface area contributed by atoms with E-state index in [1.165, 1.54) is 25.6 Å². The number of halogens is 1. The van der Waals surface area contributed by atoms with Gasteiger partial charge in [0.15, 0.2) is 11.6 Å². The Morgan fingerprint density at radius 2 is 1.93 bits per heavy atom. The Hall–Kier alpha value is -3.89. The van der Waals surface area contributed by atoms with E-state index in [9.17, 15) is 9.18 Å². The molecule has 2 N–H and O–H groups in total. The normalized spacial score (nSPS) is 26.8. The zero-order valence-electron chi connectivity index (χ0n) is 25.8. The molecule has 1 amide bonds. The molecule has 4 aromatic rings. The van der Waals surface area contributed by atoms with Gasteiger partial charge < -0.3 is 20.1 Å². The van der Waals surface area contributed by atoms with E-state index in [1.807, 2.05) is 12.4 Å². The Balaban J connectivity index is 1.11. The van der Waals surface area contributed by atoms with E-state index in [-0.39, 0.29) is 18.0 Å². The predicted molar refractivity (Wildman–Crippen MR) is 172 cm³/mol. The fourth-order valence-corrected chi connectivity index (χ4v) is 8.67. The second kappa shape index (κ2) is 10.1. The van der Waals surface area contributed by atoms with E-state index in [4.69, 9.17) is 9.97 Å². The van der Waals surface area contributed by atoms with Crippen LogP contribution in [0.15, 0.2) is 49.1 Å². The van der Waals surface area contributed by atoms with Crippen LogP contribution < -0.4 is 15.5 Å². The Morgan fingerprint density at radius 3 is 2.64 bits per heavy atom. The molecule has 45 heavy (non-hydrogen) atoms. The van der Waals surface area contributed by atoms with E-state index >= 15 is 0 Å². The van der Waals surface area contributed by atoms with Crippen molar-refractivity contribution in [3.05, 3.63) is 60.4 Å². The van der Waals surface area contributed by atoms with Crippen LogP contribution in [0.3, 0.4) is 0 Å². The number of carbonyl (C=O) groups excluding carboxylic acids is 1. The van der Waals surface area contributed by atoms with Crippen LogP contribution in [0.2, 0.25) is 0 Å². The van der Waals surface area contributed by atoms with Crippen LogP contribution >= 0.6 is 0 Å². The summed E-state index contributed by atoms with van der Waals surface area (Å²) >= 11 is 0. The van der Waals surface area contributed by atoms with Crippen LogP contribution in [0, 0.1) is 11.7 Å². The quantitative estimate of drug-likeness (QED) is 0.298.